The van der Waals surface area contributed by atoms with Crippen LogP contribution >= 0.6 is 11.6 Å². The van der Waals surface area contributed by atoms with Gasteiger partial charge in [0.05, 0.1) is 13.2 Å². The second-order valence-corrected chi connectivity index (χ2v) is 6.49. The van der Waals surface area contributed by atoms with Gasteiger partial charge in [0, 0.05) is 35.3 Å². The van der Waals surface area contributed by atoms with Crippen molar-refractivity contribution in [2.24, 2.45) is 5.92 Å². The van der Waals surface area contributed by atoms with Gasteiger partial charge in [-0.05, 0) is 17.7 Å². The Hall–Kier alpha value is -1.97. The summed E-state index contributed by atoms with van der Waals surface area (Å²) in [6, 6.07) is 16.6. The standard InChI is InChI=1S/C20H19ClO3/c21-16-8-6-14(7-9-16)17(18-13-24-11-10-19(18)22)12-20(23)15-4-2-1-3-5-15/h1-9,17-18H,10-13H2/t17-,18-/m0/s1. The van der Waals surface area contributed by atoms with Gasteiger partial charge in [-0.2, -0.15) is 0 Å². The minimum atomic E-state index is -0.285. The molecule has 0 spiro atoms. The summed E-state index contributed by atoms with van der Waals surface area (Å²) in [5.41, 5.74) is 1.62. The molecule has 0 saturated carbocycles. The lowest BCUT2D eigenvalue weighted by Crippen LogP contribution is -2.33. The van der Waals surface area contributed by atoms with Crippen LogP contribution in [-0.4, -0.2) is 24.8 Å². The van der Waals surface area contributed by atoms with Crippen LogP contribution in [0.2, 0.25) is 5.02 Å². The molecule has 0 aliphatic carbocycles. The number of ether oxygens (including phenoxy) is 1. The Morgan fingerprint density at radius 3 is 2.50 bits per heavy atom. The van der Waals surface area contributed by atoms with E-state index in [1.54, 1.807) is 24.3 Å². The Labute approximate surface area is 146 Å². The fourth-order valence-electron chi connectivity index (χ4n) is 3.15. The molecule has 2 atom stereocenters. The summed E-state index contributed by atoms with van der Waals surface area (Å²) in [5.74, 6) is -0.272. The normalized spacial score (nSPS) is 19.0. The van der Waals surface area contributed by atoms with E-state index < -0.39 is 0 Å². The van der Waals surface area contributed by atoms with Crippen molar-refractivity contribution in [1.82, 2.24) is 0 Å². The molecule has 0 amide bonds. The molecule has 3 rings (SSSR count). The first kappa shape index (κ1) is 16.9. The number of rotatable bonds is 5. The lowest BCUT2D eigenvalue weighted by molar-refractivity contribution is -0.131. The van der Waals surface area contributed by atoms with E-state index >= 15 is 0 Å². The average Bonchev–Trinajstić information content (AvgIpc) is 2.62. The monoisotopic (exact) mass is 342 g/mol. The Kier molecular flexibility index (Phi) is 5.44. The highest BCUT2D eigenvalue weighted by Crippen LogP contribution is 2.33. The van der Waals surface area contributed by atoms with Crippen molar-refractivity contribution in [2.45, 2.75) is 18.8 Å². The summed E-state index contributed by atoms with van der Waals surface area (Å²) in [6.45, 7) is 0.837. The maximum atomic E-state index is 12.7. The summed E-state index contributed by atoms with van der Waals surface area (Å²) in [6.07, 6.45) is 0.694. The van der Waals surface area contributed by atoms with E-state index in [0.29, 0.717) is 30.2 Å². The third-order valence-corrected chi connectivity index (χ3v) is 4.74. The summed E-state index contributed by atoms with van der Waals surface area (Å²) in [4.78, 5) is 25.0. The molecule has 1 aliphatic rings. The van der Waals surface area contributed by atoms with E-state index in [1.165, 1.54) is 0 Å². The highest BCUT2D eigenvalue weighted by Gasteiger charge is 2.33. The Bertz CT molecular complexity index is 709. The predicted octanol–water partition coefficient (Wildman–Crippen LogP) is 4.30. The molecule has 24 heavy (non-hydrogen) atoms. The van der Waals surface area contributed by atoms with Crippen LogP contribution in [0.25, 0.3) is 0 Å². The molecule has 0 unspecified atom stereocenters. The first-order chi connectivity index (χ1) is 11.6. The van der Waals surface area contributed by atoms with Gasteiger partial charge in [-0.3, -0.25) is 9.59 Å². The first-order valence-electron chi connectivity index (χ1n) is 8.09. The molecule has 1 saturated heterocycles. The second kappa shape index (κ2) is 7.73. The zero-order valence-electron chi connectivity index (χ0n) is 13.3. The van der Waals surface area contributed by atoms with E-state index in [1.807, 2.05) is 30.3 Å². The van der Waals surface area contributed by atoms with Gasteiger partial charge < -0.3 is 4.74 Å². The van der Waals surface area contributed by atoms with Gasteiger partial charge in [0.15, 0.2) is 5.78 Å². The number of ketones is 2. The number of Topliss-reactive ketones (excluding diaryl/α,β-unsaturated/α-hetero) is 2. The van der Waals surface area contributed by atoms with Crippen LogP contribution < -0.4 is 0 Å². The number of hydrogen-bond acceptors (Lipinski definition) is 3. The third kappa shape index (κ3) is 3.92. The minimum absolute atomic E-state index is 0.0360. The van der Waals surface area contributed by atoms with Crippen LogP contribution in [0, 0.1) is 5.92 Å². The number of hydrogen-bond donors (Lipinski definition) is 0. The molecule has 4 heteroatoms. The van der Waals surface area contributed by atoms with E-state index in [0.717, 1.165) is 5.56 Å². The van der Waals surface area contributed by atoms with E-state index in [2.05, 4.69) is 0 Å². The largest absolute Gasteiger partial charge is 0.380 e. The molecular weight excluding hydrogens is 324 g/mol. The molecule has 1 aliphatic heterocycles. The number of carbonyl (C=O) groups excluding carboxylic acids is 2. The van der Waals surface area contributed by atoms with Crippen LogP contribution in [0.1, 0.15) is 34.7 Å². The highest BCUT2D eigenvalue weighted by molar-refractivity contribution is 6.30. The Balaban J connectivity index is 1.88. The lowest BCUT2D eigenvalue weighted by Gasteiger charge is -2.29. The molecule has 0 bridgehead atoms. The SMILES string of the molecule is O=C(C[C@@H](c1ccc(Cl)cc1)[C@@H]1COCCC1=O)c1ccccc1. The topological polar surface area (TPSA) is 43.4 Å². The van der Waals surface area contributed by atoms with Crippen molar-refractivity contribution < 1.29 is 14.3 Å². The van der Waals surface area contributed by atoms with Crippen molar-refractivity contribution in [1.29, 1.82) is 0 Å². The smallest absolute Gasteiger partial charge is 0.163 e. The quantitative estimate of drug-likeness (QED) is 0.761. The number of benzene rings is 2. The summed E-state index contributed by atoms with van der Waals surface area (Å²) < 4.78 is 5.51. The van der Waals surface area contributed by atoms with Gasteiger partial charge in [-0.25, -0.2) is 0 Å². The van der Waals surface area contributed by atoms with Gasteiger partial charge in [0.25, 0.3) is 0 Å². The van der Waals surface area contributed by atoms with E-state index in [4.69, 9.17) is 16.3 Å². The fourth-order valence-corrected chi connectivity index (χ4v) is 3.27. The van der Waals surface area contributed by atoms with Crippen LogP contribution in [0.15, 0.2) is 54.6 Å². The molecule has 0 aromatic heterocycles. The summed E-state index contributed by atoms with van der Waals surface area (Å²) in [5, 5.41) is 0.637. The lowest BCUT2D eigenvalue weighted by atomic mass is 9.78. The van der Waals surface area contributed by atoms with Crippen molar-refractivity contribution in [2.75, 3.05) is 13.2 Å². The molecule has 0 radical (unpaired) electrons. The van der Waals surface area contributed by atoms with Crippen LogP contribution in [-0.2, 0) is 9.53 Å². The van der Waals surface area contributed by atoms with Crippen molar-refractivity contribution >= 4 is 23.2 Å². The highest BCUT2D eigenvalue weighted by atomic mass is 35.5. The van der Waals surface area contributed by atoms with Crippen molar-refractivity contribution in [3.05, 3.63) is 70.7 Å². The molecule has 1 heterocycles. The maximum absolute atomic E-state index is 12.7. The molecule has 2 aromatic carbocycles. The van der Waals surface area contributed by atoms with Crippen molar-refractivity contribution in [3.8, 4) is 0 Å². The Morgan fingerprint density at radius 2 is 1.83 bits per heavy atom. The van der Waals surface area contributed by atoms with Gasteiger partial charge in [0.1, 0.15) is 5.78 Å². The van der Waals surface area contributed by atoms with Gasteiger partial charge in [-0.15, -0.1) is 0 Å². The first-order valence-corrected chi connectivity index (χ1v) is 8.47. The Morgan fingerprint density at radius 1 is 1.12 bits per heavy atom. The number of carbonyl (C=O) groups is 2. The van der Waals surface area contributed by atoms with Crippen LogP contribution in [0.4, 0.5) is 0 Å². The van der Waals surface area contributed by atoms with Gasteiger partial charge >= 0.3 is 0 Å². The molecular formula is C20H19ClO3. The summed E-state index contributed by atoms with van der Waals surface area (Å²) in [7, 11) is 0. The van der Waals surface area contributed by atoms with Crippen LogP contribution in [0.3, 0.4) is 0 Å². The van der Waals surface area contributed by atoms with Crippen molar-refractivity contribution in [3.63, 3.8) is 0 Å². The van der Waals surface area contributed by atoms with Gasteiger partial charge in [-0.1, -0.05) is 54.1 Å². The predicted molar refractivity (Wildman–Crippen MR) is 93.5 cm³/mol. The molecule has 1 fully saturated rings. The zero-order valence-corrected chi connectivity index (χ0v) is 14.0. The zero-order chi connectivity index (χ0) is 16.9. The fraction of sp³-hybridized carbons (Fsp3) is 0.300. The van der Waals surface area contributed by atoms with Gasteiger partial charge in [0.2, 0.25) is 0 Å². The minimum Gasteiger partial charge on any atom is -0.380 e. The maximum Gasteiger partial charge on any atom is 0.163 e. The molecule has 124 valence electrons. The number of halogens is 1. The molecule has 0 N–H and O–H groups in total. The molecule has 2 aromatic rings. The third-order valence-electron chi connectivity index (χ3n) is 4.49. The summed E-state index contributed by atoms with van der Waals surface area (Å²) >= 11 is 5.97. The van der Waals surface area contributed by atoms with Crippen LogP contribution in [0.5, 0.6) is 0 Å². The average molecular weight is 343 g/mol. The van der Waals surface area contributed by atoms with E-state index in [9.17, 15) is 9.59 Å². The van der Waals surface area contributed by atoms with E-state index in [-0.39, 0.29) is 29.8 Å². The molecule has 3 nitrogen and oxygen atoms in total. The second-order valence-electron chi connectivity index (χ2n) is 6.05.